The van der Waals surface area contributed by atoms with Crippen molar-refractivity contribution < 1.29 is 4.42 Å². The number of rotatable bonds is 2. The molecule has 7 heteroatoms. The largest absolute Gasteiger partial charge is 0.404 e. The monoisotopic (exact) mass is 310 g/mol. The second-order valence-electron chi connectivity index (χ2n) is 6.30. The summed E-state index contributed by atoms with van der Waals surface area (Å²) < 4.78 is 5.95. The minimum absolute atomic E-state index is 0.537. The van der Waals surface area contributed by atoms with Crippen molar-refractivity contribution >= 4 is 17.2 Å². The number of aromatic nitrogens is 4. The van der Waals surface area contributed by atoms with Gasteiger partial charge < -0.3 is 14.2 Å². The summed E-state index contributed by atoms with van der Waals surface area (Å²) >= 11 is 0. The van der Waals surface area contributed by atoms with Crippen LogP contribution < -0.4 is 4.90 Å². The number of nitrogens with zero attached hydrogens (tertiary/aromatic N) is 5. The average molecular weight is 310 g/mol. The molecule has 1 N–H and O–H groups in total. The molecule has 0 amide bonds. The van der Waals surface area contributed by atoms with Crippen LogP contribution in [-0.2, 0) is 0 Å². The molecule has 0 saturated carbocycles. The topological polar surface area (TPSA) is 74.1 Å². The Morgan fingerprint density at radius 2 is 2.00 bits per heavy atom. The summed E-state index contributed by atoms with van der Waals surface area (Å²) in [5.74, 6) is 0. The van der Waals surface area contributed by atoms with Crippen molar-refractivity contribution in [2.24, 2.45) is 0 Å². The third-order valence-corrected chi connectivity index (χ3v) is 4.97. The first kappa shape index (κ1) is 13.1. The van der Waals surface area contributed by atoms with E-state index in [-0.39, 0.29) is 0 Å². The molecule has 3 aliphatic rings. The first-order valence-corrected chi connectivity index (χ1v) is 8.11. The van der Waals surface area contributed by atoms with Crippen molar-refractivity contribution in [3.63, 3.8) is 0 Å². The molecular weight excluding hydrogens is 292 g/mol. The van der Waals surface area contributed by atoms with Gasteiger partial charge in [-0.2, -0.15) is 10.1 Å². The highest BCUT2D eigenvalue weighted by Gasteiger charge is 2.31. The Kier molecular flexibility index (Phi) is 2.87. The highest BCUT2D eigenvalue weighted by Crippen LogP contribution is 2.29. The molecule has 0 aliphatic carbocycles. The van der Waals surface area contributed by atoms with Gasteiger partial charge in [0.15, 0.2) is 0 Å². The van der Waals surface area contributed by atoms with Gasteiger partial charge in [0.05, 0.1) is 6.20 Å². The smallest absolute Gasteiger partial charge is 0.300 e. The highest BCUT2D eigenvalue weighted by atomic mass is 16.4. The Hall–Kier alpha value is -2.41. The van der Waals surface area contributed by atoms with Crippen LogP contribution in [0.25, 0.3) is 22.4 Å². The number of piperidine rings is 1. The molecule has 3 fully saturated rings. The molecule has 0 unspecified atom stereocenters. The van der Waals surface area contributed by atoms with E-state index in [1.807, 2.05) is 18.5 Å². The lowest BCUT2D eigenvalue weighted by atomic mass is 10.1. The lowest BCUT2D eigenvalue weighted by Crippen LogP contribution is -2.38. The Morgan fingerprint density at radius 1 is 1.09 bits per heavy atom. The van der Waals surface area contributed by atoms with Gasteiger partial charge in [0.2, 0.25) is 5.71 Å². The van der Waals surface area contributed by atoms with E-state index in [9.17, 15) is 0 Å². The molecule has 0 atom stereocenters. The van der Waals surface area contributed by atoms with Gasteiger partial charge in [0.1, 0.15) is 5.52 Å². The Labute approximate surface area is 133 Å². The van der Waals surface area contributed by atoms with Crippen LogP contribution >= 0.6 is 0 Å². The minimum Gasteiger partial charge on any atom is -0.404 e. The number of H-pyrrole nitrogens is 1. The standard InChI is InChI=1S/C16H18N6O/c1-3-21-4-2-13(1)22(6-5-21)16-20-14-7-11(8-17-15(14)23-16)12-9-18-19-10-12/h7-10,13H,1-6H2,(H,18,19). The molecule has 3 aliphatic heterocycles. The van der Waals surface area contributed by atoms with E-state index in [0.717, 1.165) is 29.7 Å². The molecular formula is C16H18N6O. The van der Waals surface area contributed by atoms with Crippen LogP contribution in [0.4, 0.5) is 6.01 Å². The molecule has 23 heavy (non-hydrogen) atoms. The maximum Gasteiger partial charge on any atom is 0.300 e. The van der Waals surface area contributed by atoms with Crippen LogP contribution in [0.15, 0.2) is 29.1 Å². The number of hydrogen-bond donors (Lipinski definition) is 1. The quantitative estimate of drug-likeness (QED) is 0.779. The SMILES string of the molecule is c1n[nH]cc1-c1cnc2oc(N3CCN4CCC3CC4)nc2c1. The summed E-state index contributed by atoms with van der Waals surface area (Å²) in [5.41, 5.74) is 3.41. The maximum absolute atomic E-state index is 5.95. The molecule has 7 nitrogen and oxygen atoms in total. The number of anilines is 1. The van der Waals surface area contributed by atoms with Gasteiger partial charge in [-0.1, -0.05) is 0 Å². The summed E-state index contributed by atoms with van der Waals surface area (Å²) in [6.07, 6.45) is 7.82. The zero-order valence-corrected chi connectivity index (χ0v) is 12.8. The van der Waals surface area contributed by atoms with Gasteiger partial charge in [-0.25, -0.2) is 4.98 Å². The van der Waals surface area contributed by atoms with E-state index < -0.39 is 0 Å². The van der Waals surface area contributed by atoms with Gasteiger partial charge in [-0.05, 0) is 18.9 Å². The summed E-state index contributed by atoms with van der Waals surface area (Å²) in [7, 11) is 0. The number of aromatic amines is 1. The summed E-state index contributed by atoms with van der Waals surface area (Å²) in [6, 6.07) is 3.26. The molecule has 3 aromatic heterocycles. The molecule has 0 aromatic carbocycles. The number of hydrogen-bond acceptors (Lipinski definition) is 6. The maximum atomic E-state index is 5.95. The summed E-state index contributed by atoms with van der Waals surface area (Å²) in [5, 5.41) is 6.81. The van der Waals surface area contributed by atoms with Crippen molar-refractivity contribution in [2.75, 3.05) is 31.1 Å². The van der Waals surface area contributed by atoms with Gasteiger partial charge in [0, 0.05) is 55.7 Å². The summed E-state index contributed by atoms with van der Waals surface area (Å²) in [6.45, 7) is 4.43. The third-order valence-electron chi connectivity index (χ3n) is 4.97. The molecule has 118 valence electrons. The lowest BCUT2D eigenvalue weighted by molar-refractivity contribution is 0.249. The van der Waals surface area contributed by atoms with Crippen molar-refractivity contribution in [3.8, 4) is 11.1 Å². The number of nitrogens with one attached hydrogen (secondary N) is 1. The van der Waals surface area contributed by atoms with E-state index >= 15 is 0 Å². The Bertz CT molecular complexity index is 818. The van der Waals surface area contributed by atoms with Crippen LogP contribution in [0.3, 0.4) is 0 Å². The van der Waals surface area contributed by atoms with Crippen molar-refractivity contribution in [2.45, 2.75) is 18.9 Å². The van der Waals surface area contributed by atoms with E-state index in [2.05, 4.69) is 25.0 Å². The second kappa shape index (κ2) is 5.06. The number of fused-ring (bicyclic) bond motifs is 5. The lowest BCUT2D eigenvalue weighted by Gasteiger charge is -2.30. The van der Waals surface area contributed by atoms with E-state index in [1.165, 1.54) is 25.9 Å². The van der Waals surface area contributed by atoms with Crippen molar-refractivity contribution in [3.05, 3.63) is 24.7 Å². The van der Waals surface area contributed by atoms with Crippen LogP contribution in [0, 0.1) is 0 Å². The molecule has 2 bridgehead atoms. The molecule has 3 aromatic rings. The van der Waals surface area contributed by atoms with Gasteiger partial charge in [0.25, 0.3) is 6.01 Å². The van der Waals surface area contributed by atoms with Gasteiger partial charge in [-0.15, -0.1) is 0 Å². The van der Waals surface area contributed by atoms with E-state index in [1.54, 1.807) is 6.20 Å². The molecule has 6 heterocycles. The predicted molar refractivity (Wildman–Crippen MR) is 86.2 cm³/mol. The fourth-order valence-electron chi connectivity index (χ4n) is 3.64. The fraction of sp³-hybridized carbons (Fsp3) is 0.438. The van der Waals surface area contributed by atoms with Crippen molar-refractivity contribution in [1.82, 2.24) is 25.1 Å². The van der Waals surface area contributed by atoms with Gasteiger partial charge >= 0.3 is 0 Å². The third kappa shape index (κ3) is 2.19. The predicted octanol–water partition coefficient (Wildman–Crippen LogP) is 1.90. The van der Waals surface area contributed by atoms with Crippen LogP contribution in [0.2, 0.25) is 0 Å². The van der Waals surface area contributed by atoms with Crippen LogP contribution in [0.5, 0.6) is 0 Å². The highest BCUT2D eigenvalue weighted by molar-refractivity contribution is 5.77. The normalized spacial score (nSPS) is 24.3. The average Bonchev–Trinajstić information content (AvgIpc) is 3.17. The second-order valence-corrected chi connectivity index (χ2v) is 6.30. The fourth-order valence-corrected chi connectivity index (χ4v) is 3.64. The summed E-state index contributed by atoms with van der Waals surface area (Å²) in [4.78, 5) is 14.0. The zero-order chi connectivity index (χ0) is 15.2. The van der Waals surface area contributed by atoms with Crippen LogP contribution in [-0.4, -0.2) is 57.3 Å². The first-order chi connectivity index (χ1) is 11.4. The van der Waals surface area contributed by atoms with E-state index in [0.29, 0.717) is 17.8 Å². The van der Waals surface area contributed by atoms with E-state index in [4.69, 9.17) is 9.40 Å². The van der Waals surface area contributed by atoms with Crippen molar-refractivity contribution in [1.29, 1.82) is 0 Å². The first-order valence-electron chi connectivity index (χ1n) is 8.11. The van der Waals surface area contributed by atoms with Crippen LogP contribution in [0.1, 0.15) is 12.8 Å². The number of pyridine rings is 1. The number of oxazole rings is 1. The Balaban J connectivity index is 1.52. The minimum atomic E-state index is 0.537. The molecule has 0 radical (unpaired) electrons. The molecule has 6 rings (SSSR count). The zero-order valence-electron chi connectivity index (χ0n) is 12.8. The molecule has 0 spiro atoms. The molecule has 3 saturated heterocycles. The Morgan fingerprint density at radius 3 is 2.83 bits per heavy atom. The van der Waals surface area contributed by atoms with Gasteiger partial charge in [-0.3, -0.25) is 5.10 Å².